The molecule has 0 saturated carbocycles. The molecule has 94 valence electrons. The van der Waals surface area contributed by atoms with Gasteiger partial charge in [-0.3, -0.25) is 0 Å². The van der Waals surface area contributed by atoms with Gasteiger partial charge >= 0.3 is 0 Å². The molecule has 0 spiro atoms. The third-order valence-electron chi connectivity index (χ3n) is 2.85. The Morgan fingerprint density at radius 1 is 1.59 bits per heavy atom. The fourth-order valence-corrected chi connectivity index (χ4v) is 4.11. The first-order valence-corrected chi connectivity index (χ1v) is 7.12. The summed E-state index contributed by atoms with van der Waals surface area (Å²) in [5.41, 5.74) is 0. The predicted molar refractivity (Wildman–Crippen MR) is 63.2 cm³/mol. The lowest BCUT2D eigenvalue weighted by atomic mass is 10.2. The maximum absolute atomic E-state index is 12.3. The summed E-state index contributed by atoms with van der Waals surface area (Å²) in [5, 5.41) is 9.13. The minimum absolute atomic E-state index is 0.00187. The number of halogens is 1. The molecule has 0 amide bonds. The molecule has 7 heteroatoms. The Labute approximate surface area is 105 Å². The third kappa shape index (κ3) is 2.30. The zero-order valence-electron chi connectivity index (χ0n) is 9.08. The van der Waals surface area contributed by atoms with Crippen LogP contribution in [-0.4, -0.2) is 42.0 Å². The highest BCUT2D eigenvalue weighted by atomic mass is 35.5. The van der Waals surface area contributed by atoms with Gasteiger partial charge in [0.15, 0.2) is 0 Å². The van der Waals surface area contributed by atoms with Crippen LogP contribution in [-0.2, 0) is 10.0 Å². The van der Waals surface area contributed by atoms with E-state index in [4.69, 9.17) is 16.7 Å². The van der Waals surface area contributed by atoms with Gasteiger partial charge < -0.3 is 5.11 Å². The molecule has 1 aliphatic rings. The molecule has 0 bridgehead atoms. The zero-order valence-corrected chi connectivity index (χ0v) is 10.7. The van der Waals surface area contributed by atoms with E-state index in [2.05, 4.69) is 4.98 Å². The van der Waals surface area contributed by atoms with Crippen LogP contribution in [0.5, 0.6) is 0 Å². The maximum Gasteiger partial charge on any atom is 0.246 e. The normalized spacial score (nSPS) is 21.9. The number of sulfonamides is 1. The molecule has 1 aromatic rings. The molecule has 2 heterocycles. The molecule has 0 unspecified atom stereocenters. The van der Waals surface area contributed by atoms with Gasteiger partial charge in [0.05, 0.1) is 6.61 Å². The number of aliphatic hydroxyl groups is 1. The lowest BCUT2D eigenvalue weighted by Crippen LogP contribution is -2.37. The highest BCUT2D eigenvalue weighted by molar-refractivity contribution is 7.89. The van der Waals surface area contributed by atoms with Crippen molar-refractivity contribution < 1.29 is 13.5 Å². The number of pyridine rings is 1. The first kappa shape index (κ1) is 12.8. The van der Waals surface area contributed by atoms with Crippen LogP contribution in [0.1, 0.15) is 12.8 Å². The zero-order chi connectivity index (χ0) is 12.5. The molecule has 17 heavy (non-hydrogen) atoms. The quantitative estimate of drug-likeness (QED) is 0.832. The van der Waals surface area contributed by atoms with E-state index in [9.17, 15) is 8.42 Å². The summed E-state index contributed by atoms with van der Waals surface area (Å²) in [6, 6.07) is 2.61. The Morgan fingerprint density at radius 3 is 3.00 bits per heavy atom. The van der Waals surface area contributed by atoms with Crippen molar-refractivity contribution in [2.45, 2.75) is 23.8 Å². The first-order chi connectivity index (χ1) is 8.07. The topological polar surface area (TPSA) is 70.5 Å². The van der Waals surface area contributed by atoms with Crippen molar-refractivity contribution in [1.82, 2.24) is 9.29 Å². The molecule has 1 atom stereocenters. The van der Waals surface area contributed by atoms with E-state index < -0.39 is 10.0 Å². The molecule has 0 aliphatic carbocycles. The van der Waals surface area contributed by atoms with Gasteiger partial charge in [-0.15, -0.1) is 0 Å². The van der Waals surface area contributed by atoms with Crippen molar-refractivity contribution in [1.29, 1.82) is 0 Å². The maximum atomic E-state index is 12.3. The van der Waals surface area contributed by atoms with Gasteiger partial charge in [0, 0.05) is 18.8 Å². The Morgan fingerprint density at radius 2 is 2.35 bits per heavy atom. The number of rotatable bonds is 3. The number of aliphatic hydroxyl groups excluding tert-OH is 1. The van der Waals surface area contributed by atoms with Crippen LogP contribution in [0, 0.1) is 0 Å². The van der Waals surface area contributed by atoms with Crippen molar-refractivity contribution in [3.8, 4) is 0 Å². The molecule has 1 saturated heterocycles. The van der Waals surface area contributed by atoms with Gasteiger partial charge in [0.1, 0.15) is 10.0 Å². The Kier molecular flexibility index (Phi) is 3.67. The standard InChI is InChI=1S/C10H13ClN2O3S/c11-10-9(4-1-5-12-10)17(15,16)13-6-2-3-8(13)7-14/h1,4-5,8,14H,2-3,6-7H2/t8-/m1/s1. The SMILES string of the molecule is O=S(=O)(c1cccnc1Cl)N1CCC[C@@H]1CO. The molecular weight excluding hydrogens is 264 g/mol. The van der Waals surface area contributed by atoms with Crippen LogP contribution in [0.3, 0.4) is 0 Å². The molecule has 2 rings (SSSR count). The minimum Gasteiger partial charge on any atom is -0.395 e. The lowest BCUT2D eigenvalue weighted by molar-refractivity contribution is 0.213. The third-order valence-corrected chi connectivity index (χ3v) is 5.24. The molecule has 1 aromatic heterocycles. The summed E-state index contributed by atoms with van der Waals surface area (Å²) in [6.45, 7) is 0.246. The Hall–Kier alpha value is -0.690. The Bertz CT molecular complexity index is 506. The molecule has 1 aliphatic heterocycles. The van der Waals surface area contributed by atoms with Crippen molar-refractivity contribution in [3.05, 3.63) is 23.5 Å². The van der Waals surface area contributed by atoms with E-state index in [1.54, 1.807) is 0 Å². The molecule has 1 N–H and O–H groups in total. The number of hydrogen-bond donors (Lipinski definition) is 1. The van der Waals surface area contributed by atoms with Gasteiger partial charge in [0.2, 0.25) is 10.0 Å². The van der Waals surface area contributed by atoms with Crippen LogP contribution in [0.4, 0.5) is 0 Å². The van der Waals surface area contributed by atoms with Crippen molar-refractivity contribution >= 4 is 21.6 Å². The van der Waals surface area contributed by atoms with Crippen molar-refractivity contribution in [2.24, 2.45) is 0 Å². The van der Waals surface area contributed by atoms with E-state index in [0.29, 0.717) is 13.0 Å². The smallest absolute Gasteiger partial charge is 0.246 e. The average molecular weight is 277 g/mol. The summed E-state index contributed by atoms with van der Waals surface area (Å²) in [7, 11) is -3.65. The molecule has 1 fully saturated rings. The van der Waals surface area contributed by atoms with Gasteiger partial charge in [-0.05, 0) is 25.0 Å². The predicted octanol–water partition coefficient (Wildman–Crippen LogP) is 0.880. The second-order valence-corrected chi connectivity index (χ2v) is 6.10. The van der Waals surface area contributed by atoms with Crippen LogP contribution < -0.4 is 0 Å². The fourth-order valence-electron chi connectivity index (χ4n) is 2.00. The number of hydrogen-bond acceptors (Lipinski definition) is 4. The summed E-state index contributed by atoms with van der Waals surface area (Å²) >= 11 is 5.80. The summed E-state index contributed by atoms with van der Waals surface area (Å²) in [5.74, 6) is 0. The second-order valence-electron chi connectivity index (χ2n) is 3.89. The fraction of sp³-hybridized carbons (Fsp3) is 0.500. The van der Waals surface area contributed by atoms with Crippen LogP contribution >= 0.6 is 11.6 Å². The summed E-state index contributed by atoms with van der Waals surface area (Å²) in [4.78, 5) is 3.77. The Balaban J connectivity index is 2.40. The summed E-state index contributed by atoms with van der Waals surface area (Å²) in [6.07, 6.45) is 2.87. The van der Waals surface area contributed by atoms with E-state index in [0.717, 1.165) is 6.42 Å². The van der Waals surface area contributed by atoms with Gasteiger partial charge in [0.25, 0.3) is 0 Å². The van der Waals surface area contributed by atoms with Crippen LogP contribution in [0.25, 0.3) is 0 Å². The van der Waals surface area contributed by atoms with Gasteiger partial charge in [-0.1, -0.05) is 11.6 Å². The monoisotopic (exact) mass is 276 g/mol. The summed E-state index contributed by atoms with van der Waals surface area (Å²) < 4.78 is 25.9. The number of nitrogens with zero attached hydrogens (tertiary/aromatic N) is 2. The van der Waals surface area contributed by atoms with E-state index in [-0.39, 0.29) is 22.7 Å². The average Bonchev–Trinajstić information content (AvgIpc) is 2.78. The largest absolute Gasteiger partial charge is 0.395 e. The van der Waals surface area contributed by atoms with Crippen molar-refractivity contribution in [2.75, 3.05) is 13.2 Å². The van der Waals surface area contributed by atoms with Gasteiger partial charge in [-0.25, -0.2) is 13.4 Å². The van der Waals surface area contributed by atoms with Crippen LogP contribution in [0.15, 0.2) is 23.2 Å². The van der Waals surface area contributed by atoms with Crippen LogP contribution in [0.2, 0.25) is 5.15 Å². The van der Waals surface area contributed by atoms with Crippen molar-refractivity contribution in [3.63, 3.8) is 0 Å². The first-order valence-electron chi connectivity index (χ1n) is 5.30. The highest BCUT2D eigenvalue weighted by Crippen LogP contribution is 2.28. The van der Waals surface area contributed by atoms with E-state index >= 15 is 0 Å². The molecular formula is C10H13ClN2O3S. The molecule has 0 aromatic carbocycles. The minimum atomic E-state index is -3.65. The number of aromatic nitrogens is 1. The molecule has 5 nitrogen and oxygen atoms in total. The van der Waals surface area contributed by atoms with E-state index in [1.807, 2.05) is 0 Å². The second kappa shape index (κ2) is 4.89. The lowest BCUT2D eigenvalue weighted by Gasteiger charge is -2.22. The highest BCUT2D eigenvalue weighted by Gasteiger charge is 2.36. The van der Waals surface area contributed by atoms with Gasteiger partial charge in [-0.2, -0.15) is 4.31 Å². The molecule has 0 radical (unpaired) electrons. The van der Waals surface area contributed by atoms with E-state index in [1.165, 1.54) is 22.6 Å².